The van der Waals surface area contributed by atoms with Crippen molar-refractivity contribution < 1.29 is 9.13 Å². The minimum absolute atomic E-state index is 0.185. The van der Waals surface area contributed by atoms with Gasteiger partial charge < -0.3 is 4.74 Å². The van der Waals surface area contributed by atoms with Crippen molar-refractivity contribution in [2.45, 2.75) is 18.0 Å². The number of halogens is 3. The molecule has 1 nitrogen and oxygen atoms in total. The fraction of sp³-hybridized carbons (Fsp3) is 0.200. The van der Waals surface area contributed by atoms with Gasteiger partial charge in [-0.25, -0.2) is 4.39 Å². The number of hydrogen-bond acceptors (Lipinski definition) is 1. The van der Waals surface area contributed by atoms with Crippen molar-refractivity contribution in [1.29, 1.82) is 0 Å². The maximum absolute atomic E-state index is 13.9. The predicted octanol–water partition coefficient (Wildman–Crippen LogP) is 4.99. The van der Waals surface area contributed by atoms with E-state index in [1.54, 1.807) is 12.1 Å². The van der Waals surface area contributed by atoms with Crippen LogP contribution >= 0.6 is 27.5 Å². The standard InChI is InChI=1S/C15H11BrClFO/c16-15(13-4-3-12(17)6-14(13)18)9-1-2-10-7-19-8-11(10)5-9/h1-6,15H,7-8H2. The van der Waals surface area contributed by atoms with Crippen LogP contribution in [0, 0.1) is 5.82 Å². The molecule has 0 spiro atoms. The molecule has 0 aliphatic carbocycles. The first-order valence-corrected chi connectivity index (χ1v) is 7.23. The molecule has 1 heterocycles. The van der Waals surface area contributed by atoms with Crippen molar-refractivity contribution in [3.63, 3.8) is 0 Å². The van der Waals surface area contributed by atoms with Gasteiger partial charge in [0.2, 0.25) is 0 Å². The third-order valence-electron chi connectivity index (χ3n) is 3.27. The molecule has 19 heavy (non-hydrogen) atoms. The molecule has 2 aromatic carbocycles. The lowest BCUT2D eigenvalue weighted by Gasteiger charge is -2.13. The van der Waals surface area contributed by atoms with Gasteiger partial charge in [-0.05, 0) is 28.8 Å². The Morgan fingerprint density at radius 3 is 2.68 bits per heavy atom. The first-order chi connectivity index (χ1) is 9.15. The van der Waals surface area contributed by atoms with E-state index < -0.39 is 0 Å². The first-order valence-electron chi connectivity index (χ1n) is 5.93. The fourth-order valence-electron chi connectivity index (χ4n) is 2.24. The van der Waals surface area contributed by atoms with Crippen LogP contribution in [0.3, 0.4) is 0 Å². The van der Waals surface area contributed by atoms with Crippen LogP contribution < -0.4 is 0 Å². The van der Waals surface area contributed by atoms with Gasteiger partial charge in [-0.3, -0.25) is 0 Å². The van der Waals surface area contributed by atoms with Crippen molar-refractivity contribution in [2.24, 2.45) is 0 Å². The molecule has 2 aromatic rings. The van der Waals surface area contributed by atoms with Gasteiger partial charge in [0, 0.05) is 10.6 Å². The lowest BCUT2D eigenvalue weighted by molar-refractivity contribution is 0.134. The van der Waals surface area contributed by atoms with E-state index >= 15 is 0 Å². The zero-order valence-electron chi connectivity index (χ0n) is 10.00. The van der Waals surface area contributed by atoms with Gasteiger partial charge in [0.1, 0.15) is 5.82 Å². The van der Waals surface area contributed by atoms with Gasteiger partial charge in [-0.15, -0.1) is 0 Å². The highest BCUT2D eigenvalue weighted by Crippen LogP contribution is 2.35. The normalized spacial score (nSPS) is 15.3. The number of ether oxygens (including phenoxy) is 1. The van der Waals surface area contributed by atoms with Gasteiger partial charge in [-0.1, -0.05) is 51.8 Å². The molecule has 0 N–H and O–H groups in total. The Morgan fingerprint density at radius 2 is 1.89 bits per heavy atom. The SMILES string of the molecule is Fc1cc(Cl)ccc1C(Br)c1ccc2c(c1)COC2. The second-order valence-electron chi connectivity index (χ2n) is 4.55. The molecule has 4 heteroatoms. The number of fused-ring (bicyclic) bond motifs is 1. The Balaban J connectivity index is 1.97. The van der Waals surface area contributed by atoms with Crippen LogP contribution in [0.5, 0.6) is 0 Å². The van der Waals surface area contributed by atoms with Gasteiger partial charge in [0.05, 0.1) is 18.0 Å². The molecule has 3 rings (SSSR count). The zero-order valence-corrected chi connectivity index (χ0v) is 12.3. The summed E-state index contributed by atoms with van der Waals surface area (Å²) < 4.78 is 19.3. The van der Waals surface area contributed by atoms with Gasteiger partial charge >= 0.3 is 0 Å². The van der Waals surface area contributed by atoms with Crippen LogP contribution in [0.1, 0.15) is 27.1 Å². The van der Waals surface area contributed by atoms with E-state index in [-0.39, 0.29) is 10.6 Å². The van der Waals surface area contributed by atoms with Crippen LogP contribution in [0.4, 0.5) is 4.39 Å². The first kappa shape index (κ1) is 13.1. The average Bonchev–Trinajstić information content (AvgIpc) is 2.85. The molecule has 1 aliphatic heterocycles. The van der Waals surface area contributed by atoms with Crippen molar-refractivity contribution in [2.75, 3.05) is 0 Å². The highest BCUT2D eigenvalue weighted by Gasteiger charge is 2.18. The summed E-state index contributed by atoms with van der Waals surface area (Å²) in [6.07, 6.45) is 0. The fourth-order valence-corrected chi connectivity index (χ4v) is 3.05. The Hall–Kier alpha value is -0.900. The van der Waals surface area contributed by atoms with Crippen LogP contribution in [0.2, 0.25) is 5.02 Å². The van der Waals surface area contributed by atoms with Gasteiger partial charge in [-0.2, -0.15) is 0 Å². The lowest BCUT2D eigenvalue weighted by atomic mass is 10.00. The topological polar surface area (TPSA) is 9.23 Å². The van der Waals surface area contributed by atoms with Gasteiger partial charge in [0.25, 0.3) is 0 Å². The largest absolute Gasteiger partial charge is 0.372 e. The third-order valence-corrected chi connectivity index (χ3v) is 4.53. The van der Waals surface area contributed by atoms with E-state index in [1.807, 2.05) is 12.1 Å². The second kappa shape index (κ2) is 5.23. The molecule has 0 saturated carbocycles. The summed E-state index contributed by atoms with van der Waals surface area (Å²) in [7, 11) is 0. The second-order valence-corrected chi connectivity index (χ2v) is 5.90. The van der Waals surface area contributed by atoms with Crippen LogP contribution in [0.25, 0.3) is 0 Å². The van der Waals surface area contributed by atoms with E-state index in [2.05, 4.69) is 22.0 Å². The molecule has 98 valence electrons. The number of hydrogen-bond donors (Lipinski definition) is 0. The Morgan fingerprint density at radius 1 is 1.11 bits per heavy atom. The molecule has 0 amide bonds. The molecule has 1 atom stereocenters. The summed E-state index contributed by atoms with van der Waals surface area (Å²) in [5, 5.41) is 0.406. The highest BCUT2D eigenvalue weighted by atomic mass is 79.9. The minimum atomic E-state index is -0.300. The Bertz CT molecular complexity index is 630. The third kappa shape index (κ3) is 2.55. The molecule has 1 aliphatic rings. The molecule has 0 saturated heterocycles. The quantitative estimate of drug-likeness (QED) is 0.699. The van der Waals surface area contributed by atoms with Crippen LogP contribution in [-0.2, 0) is 18.0 Å². The molecule has 0 aromatic heterocycles. The van der Waals surface area contributed by atoms with Crippen molar-refractivity contribution in [1.82, 2.24) is 0 Å². The van der Waals surface area contributed by atoms with E-state index in [0.717, 1.165) is 5.56 Å². The van der Waals surface area contributed by atoms with E-state index in [4.69, 9.17) is 16.3 Å². The zero-order chi connectivity index (χ0) is 13.4. The molecule has 0 fully saturated rings. The monoisotopic (exact) mass is 340 g/mol. The summed E-state index contributed by atoms with van der Waals surface area (Å²) in [4.78, 5) is -0.185. The number of alkyl halides is 1. The minimum Gasteiger partial charge on any atom is -0.372 e. The van der Waals surface area contributed by atoms with Crippen molar-refractivity contribution in [3.05, 3.63) is 69.5 Å². The van der Waals surface area contributed by atoms with E-state index in [0.29, 0.717) is 23.8 Å². The number of rotatable bonds is 2. The van der Waals surface area contributed by atoms with E-state index in [9.17, 15) is 4.39 Å². The summed E-state index contributed by atoms with van der Waals surface area (Å²) in [6.45, 7) is 1.30. The Kier molecular flexibility index (Phi) is 3.61. The Labute approximate surface area is 124 Å². The summed E-state index contributed by atoms with van der Waals surface area (Å²) in [6, 6.07) is 10.9. The maximum atomic E-state index is 13.9. The molecule has 0 radical (unpaired) electrons. The molecular weight excluding hydrogens is 331 g/mol. The molecule has 0 bridgehead atoms. The summed E-state index contributed by atoms with van der Waals surface area (Å²) >= 11 is 9.33. The maximum Gasteiger partial charge on any atom is 0.129 e. The van der Waals surface area contributed by atoms with Crippen LogP contribution in [-0.4, -0.2) is 0 Å². The average molecular weight is 342 g/mol. The summed E-state index contributed by atoms with van der Waals surface area (Å²) in [5.74, 6) is -0.300. The van der Waals surface area contributed by atoms with Crippen molar-refractivity contribution >= 4 is 27.5 Å². The molecule has 1 unspecified atom stereocenters. The summed E-state index contributed by atoms with van der Waals surface area (Å²) in [5.41, 5.74) is 3.99. The van der Waals surface area contributed by atoms with Crippen molar-refractivity contribution in [3.8, 4) is 0 Å². The van der Waals surface area contributed by atoms with Gasteiger partial charge in [0.15, 0.2) is 0 Å². The predicted molar refractivity (Wildman–Crippen MR) is 77.1 cm³/mol. The lowest BCUT2D eigenvalue weighted by Crippen LogP contribution is -1.98. The number of benzene rings is 2. The van der Waals surface area contributed by atoms with Crippen LogP contribution in [0.15, 0.2) is 36.4 Å². The molecular formula is C15H11BrClFO. The smallest absolute Gasteiger partial charge is 0.129 e. The van der Waals surface area contributed by atoms with E-state index in [1.165, 1.54) is 17.2 Å². The highest BCUT2D eigenvalue weighted by molar-refractivity contribution is 9.09.